The Hall–Kier alpha value is -3.26. The van der Waals surface area contributed by atoms with E-state index in [1.807, 2.05) is 29.8 Å². The molecule has 2 atom stereocenters. The van der Waals surface area contributed by atoms with Crippen LogP contribution in [-0.2, 0) is 13.2 Å². The molecule has 3 heterocycles. The van der Waals surface area contributed by atoms with Gasteiger partial charge >= 0.3 is 0 Å². The topological polar surface area (TPSA) is 41.5 Å². The lowest BCUT2D eigenvalue weighted by atomic mass is 10.1. The van der Waals surface area contributed by atoms with Gasteiger partial charge in [-0.3, -0.25) is 4.90 Å². The van der Waals surface area contributed by atoms with E-state index in [0.717, 1.165) is 56.9 Å². The number of anilines is 1. The molecule has 1 saturated heterocycles. The van der Waals surface area contributed by atoms with Crippen LogP contribution in [0.15, 0.2) is 84.4 Å². The van der Waals surface area contributed by atoms with Crippen LogP contribution in [0, 0.1) is 0 Å². The van der Waals surface area contributed by atoms with Crippen LogP contribution in [0.25, 0.3) is 20.8 Å². The molecule has 188 valence electrons. The minimum atomic E-state index is 0.420. The third-order valence-electron chi connectivity index (χ3n) is 6.98. The summed E-state index contributed by atoms with van der Waals surface area (Å²) < 4.78 is 7.42. The van der Waals surface area contributed by atoms with Gasteiger partial charge in [-0.1, -0.05) is 72.0 Å². The number of thiazole rings is 2. The molecule has 0 saturated carbocycles. The first-order valence-electron chi connectivity index (χ1n) is 12.7. The molecular weight excluding hydrogens is 496 g/mol. The maximum atomic E-state index is 6.33. The Morgan fingerprint density at radius 2 is 1.59 bits per heavy atom. The summed E-state index contributed by atoms with van der Waals surface area (Å²) in [6.07, 6.45) is 1.86. The van der Waals surface area contributed by atoms with Crippen molar-refractivity contribution in [1.29, 1.82) is 0 Å². The highest BCUT2D eigenvalue weighted by Gasteiger charge is 2.31. The number of ether oxygens (including phenoxy) is 1. The van der Waals surface area contributed by atoms with Crippen molar-refractivity contribution in [2.24, 2.45) is 0 Å². The van der Waals surface area contributed by atoms with Gasteiger partial charge in [-0.25, -0.2) is 9.97 Å². The number of hydrogen-bond acceptors (Lipinski definition) is 7. The number of nitrogens with zero attached hydrogens (tertiary/aromatic N) is 4. The first kappa shape index (κ1) is 24.1. The summed E-state index contributed by atoms with van der Waals surface area (Å²) in [5, 5.41) is 4.07. The highest BCUT2D eigenvalue weighted by atomic mass is 32.1. The van der Waals surface area contributed by atoms with E-state index in [4.69, 9.17) is 9.72 Å². The molecule has 0 aliphatic carbocycles. The Morgan fingerprint density at radius 3 is 2.27 bits per heavy atom. The lowest BCUT2D eigenvalue weighted by Crippen LogP contribution is -2.56. The summed E-state index contributed by atoms with van der Waals surface area (Å²) in [6, 6.07) is 26.1. The van der Waals surface area contributed by atoms with E-state index in [0.29, 0.717) is 18.7 Å². The quantitative estimate of drug-likeness (QED) is 0.226. The van der Waals surface area contributed by atoms with Crippen molar-refractivity contribution < 1.29 is 4.74 Å². The van der Waals surface area contributed by atoms with Gasteiger partial charge < -0.3 is 9.64 Å². The van der Waals surface area contributed by atoms with Gasteiger partial charge in [0.1, 0.15) is 17.4 Å². The summed E-state index contributed by atoms with van der Waals surface area (Å²) >= 11 is 3.38. The molecule has 2 aromatic heterocycles. The van der Waals surface area contributed by atoms with Gasteiger partial charge in [0.05, 0.1) is 10.2 Å². The van der Waals surface area contributed by atoms with Gasteiger partial charge in [0.25, 0.3) is 0 Å². The van der Waals surface area contributed by atoms with E-state index >= 15 is 0 Å². The average molecular weight is 527 g/mol. The molecule has 3 aromatic carbocycles. The SMILES string of the molecule is C[C@@H]1CN(c2nc3c(-c4nccs4)ccc(OCc4ccccc4)c3s2)C[C@H](C)N1Cc1ccccc1. The summed E-state index contributed by atoms with van der Waals surface area (Å²) in [4.78, 5) is 14.8. The second-order valence-corrected chi connectivity index (χ2v) is 11.5. The molecule has 1 aliphatic rings. The Labute approximate surface area is 226 Å². The Bertz CT molecular complexity index is 1440. The van der Waals surface area contributed by atoms with Gasteiger partial charge in [0.2, 0.25) is 0 Å². The highest BCUT2D eigenvalue weighted by molar-refractivity contribution is 7.22. The van der Waals surface area contributed by atoms with Crippen molar-refractivity contribution in [2.45, 2.75) is 39.1 Å². The zero-order valence-electron chi connectivity index (χ0n) is 21.1. The largest absolute Gasteiger partial charge is 0.487 e. The van der Waals surface area contributed by atoms with Gasteiger partial charge in [-0.15, -0.1) is 11.3 Å². The lowest BCUT2D eigenvalue weighted by molar-refractivity contribution is 0.123. The van der Waals surface area contributed by atoms with Crippen molar-refractivity contribution in [3.8, 4) is 16.3 Å². The molecular formula is C30H30N4OS2. The van der Waals surface area contributed by atoms with Crippen molar-refractivity contribution >= 4 is 38.0 Å². The number of benzene rings is 3. The van der Waals surface area contributed by atoms with Gasteiger partial charge in [0.15, 0.2) is 5.13 Å². The zero-order valence-corrected chi connectivity index (χ0v) is 22.7. The van der Waals surface area contributed by atoms with Gasteiger partial charge in [-0.2, -0.15) is 0 Å². The van der Waals surface area contributed by atoms with Crippen LogP contribution < -0.4 is 9.64 Å². The van der Waals surface area contributed by atoms with Crippen LogP contribution in [0.5, 0.6) is 5.75 Å². The second kappa shape index (κ2) is 10.6. The molecule has 5 nitrogen and oxygen atoms in total. The van der Waals surface area contributed by atoms with E-state index in [1.165, 1.54) is 5.56 Å². The predicted molar refractivity (Wildman–Crippen MR) is 155 cm³/mol. The number of fused-ring (bicyclic) bond motifs is 1. The van der Waals surface area contributed by atoms with Crippen LogP contribution in [0.3, 0.4) is 0 Å². The minimum Gasteiger partial charge on any atom is -0.487 e. The van der Waals surface area contributed by atoms with Crippen LogP contribution >= 0.6 is 22.7 Å². The third-order valence-corrected chi connectivity index (χ3v) is 8.91. The fourth-order valence-corrected chi connectivity index (χ4v) is 6.85. The molecule has 0 N–H and O–H groups in total. The van der Waals surface area contributed by atoms with Crippen molar-refractivity contribution in [3.63, 3.8) is 0 Å². The van der Waals surface area contributed by atoms with Crippen LogP contribution in [-0.4, -0.2) is 40.0 Å². The first-order chi connectivity index (χ1) is 18.2. The fourth-order valence-electron chi connectivity index (χ4n) is 5.10. The second-order valence-electron chi connectivity index (χ2n) is 9.66. The smallest absolute Gasteiger partial charge is 0.186 e. The third kappa shape index (κ3) is 5.12. The van der Waals surface area contributed by atoms with Crippen LogP contribution in [0.2, 0.25) is 0 Å². The minimum absolute atomic E-state index is 0.420. The van der Waals surface area contributed by atoms with E-state index in [2.05, 4.69) is 83.2 Å². The van der Waals surface area contributed by atoms with E-state index in [9.17, 15) is 0 Å². The Morgan fingerprint density at radius 1 is 0.892 bits per heavy atom. The number of rotatable bonds is 7. The molecule has 1 fully saturated rings. The van der Waals surface area contributed by atoms with Crippen molar-refractivity contribution in [1.82, 2.24) is 14.9 Å². The van der Waals surface area contributed by atoms with Crippen LogP contribution in [0.1, 0.15) is 25.0 Å². The molecule has 6 rings (SSSR count). The molecule has 5 aromatic rings. The molecule has 7 heteroatoms. The zero-order chi connectivity index (χ0) is 25.2. The monoisotopic (exact) mass is 526 g/mol. The highest BCUT2D eigenvalue weighted by Crippen LogP contribution is 2.42. The molecule has 37 heavy (non-hydrogen) atoms. The number of piperazine rings is 1. The van der Waals surface area contributed by atoms with E-state index < -0.39 is 0 Å². The molecule has 1 aliphatic heterocycles. The average Bonchev–Trinajstić information content (AvgIpc) is 3.62. The normalized spacial score (nSPS) is 18.4. The molecule has 0 amide bonds. The maximum absolute atomic E-state index is 6.33. The van der Waals surface area contributed by atoms with Gasteiger partial charge in [0, 0.05) is 48.9 Å². The molecule has 0 radical (unpaired) electrons. The summed E-state index contributed by atoms with van der Waals surface area (Å²) in [6.45, 7) is 8.06. The maximum Gasteiger partial charge on any atom is 0.186 e. The van der Waals surface area contributed by atoms with Crippen molar-refractivity contribution in [3.05, 3.63) is 95.5 Å². The predicted octanol–water partition coefficient (Wildman–Crippen LogP) is 7.10. The lowest BCUT2D eigenvalue weighted by Gasteiger charge is -2.44. The fraction of sp³-hybridized carbons (Fsp3) is 0.267. The molecule has 0 unspecified atom stereocenters. The standard InChI is InChI=1S/C30H30N4OS2/c1-21-17-33(18-22(2)34(21)19-23-9-5-3-6-10-23)30-32-27-25(29-31-15-16-36-29)13-14-26(28(27)37-30)35-20-24-11-7-4-8-12-24/h3-16,21-22H,17-20H2,1-2H3/t21-,22+. The Balaban J connectivity index is 1.29. The summed E-state index contributed by atoms with van der Waals surface area (Å²) in [5.41, 5.74) is 4.57. The molecule has 0 bridgehead atoms. The van der Waals surface area contributed by atoms with Crippen LogP contribution in [0.4, 0.5) is 5.13 Å². The van der Waals surface area contributed by atoms with Gasteiger partial charge in [-0.05, 0) is 37.1 Å². The molecule has 0 spiro atoms. The van der Waals surface area contributed by atoms with E-state index in [1.54, 1.807) is 22.7 Å². The van der Waals surface area contributed by atoms with Crippen molar-refractivity contribution in [2.75, 3.05) is 18.0 Å². The summed E-state index contributed by atoms with van der Waals surface area (Å²) in [5.74, 6) is 0.881. The number of hydrogen-bond donors (Lipinski definition) is 0. The van der Waals surface area contributed by atoms with E-state index in [-0.39, 0.29) is 0 Å². The Kier molecular flexibility index (Phi) is 6.91. The first-order valence-corrected chi connectivity index (χ1v) is 14.4. The number of aromatic nitrogens is 2. The summed E-state index contributed by atoms with van der Waals surface area (Å²) in [7, 11) is 0.